The van der Waals surface area contributed by atoms with Gasteiger partial charge < -0.3 is 20.2 Å². The summed E-state index contributed by atoms with van der Waals surface area (Å²) in [5.41, 5.74) is 14.0. The molecule has 6 N–H and O–H groups in total. The number of hydrogen-bond acceptors (Lipinski definition) is 7. The van der Waals surface area contributed by atoms with E-state index in [9.17, 15) is 4.79 Å². The van der Waals surface area contributed by atoms with E-state index < -0.39 is 6.03 Å². The lowest BCUT2D eigenvalue weighted by atomic mass is 10.2. The number of ether oxygens (including phenoxy) is 1. The minimum Gasteiger partial charge on any atom is -0.473 e. The number of rotatable bonds is 7. The second-order valence-electron chi connectivity index (χ2n) is 4.07. The van der Waals surface area contributed by atoms with E-state index in [1.54, 1.807) is 20.2 Å². The lowest BCUT2D eigenvalue weighted by Gasteiger charge is -2.10. The number of nitrogens with one attached hydrogen (secondary N) is 4. The molecule has 0 aliphatic rings. The molecule has 0 aliphatic heterocycles. The summed E-state index contributed by atoms with van der Waals surface area (Å²) in [5.74, 6) is 1.11. The number of nitrogens with zero attached hydrogens (tertiary/aromatic N) is 1. The zero-order valence-electron chi connectivity index (χ0n) is 12.9. The molecule has 1 rings (SSSR count). The van der Waals surface area contributed by atoms with Crippen molar-refractivity contribution in [2.75, 3.05) is 19.4 Å². The van der Waals surface area contributed by atoms with Crippen molar-refractivity contribution >= 4 is 17.6 Å². The number of furan rings is 1. The van der Waals surface area contributed by atoms with Gasteiger partial charge in [-0.2, -0.15) is 5.53 Å². The van der Waals surface area contributed by atoms with Gasteiger partial charge in [0, 0.05) is 26.6 Å². The number of nitrogens with two attached hydrogens (primary N) is 1. The number of anilines is 1. The molecule has 1 aromatic heterocycles. The van der Waals surface area contributed by atoms with E-state index in [2.05, 4.69) is 26.7 Å². The van der Waals surface area contributed by atoms with Crippen LogP contribution in [0.15, 0.2) is 27.9 Å². The molecule has 0 aliphatic carbocycles. The number of carbonyl (C=O) groups excluding carboxylic acids is 1. The summed E-state index contributed by atoms with van der Waals surface area (Å²) in [6.07, 6.45) is 5.02. The van der Waals surface area contributed by atoms with Gasteiger partial charge >= 0.3 is 6.03 Å². The Bertz CT molecular complexity index is 538. The summed E-state index contributed by atoms with van der Waals surface area (Å²) in [7, 11) is 3.23. The van der Waals surface area contributed by atoms with Crippen LogP contribution < -0.4 is 27.4 Å². The van der Waals surface area contributed by atoms with Crippen LogP contribution in [0.4, 0.5) is 10.5 Å². The van der Waals surface area contributed by atoms with E-state index in [-0.39, 0.29) is 6.61 Å². The summed E-state index contributed by atoms with van der Waals surface area (Å²) < 4.78 is 11.0. The van der Waals surface area contributed by atoms with Crippen molar-refractivity contribution in [3.63, 3.8) is 0 Å². The molecule has 1 aromatic rings. The van der Waals surface area contributed by atoms with Crippen LogP contribution in [-0.2, 0) is 17.8 Å². The molecule has 9 nitrogen and oxygen atoms in total. The highest BCUT2D eigenvalue weighted by molar-refractivity contribution is 5.90. The number of hydrogen-bond donors (Lipinski definition) is 5. The van der Waals surface area contributed by atoms with Gasteiger partial charge in [0.1, 0.15) is 18.6 Å². The van der Waals surface area contributed by atoms with Gasteiger partial charge in [-0.1, -0.05) is 6.92 Å². The van der Waals surface area contributed by atoms with E-state index >= 15 is 0 Å². The van der Waals surface area contributed by atoms with Crippen molar-refractivity contribution < 1.29 is 13.9 Å². The molecule has 0 spiro atoms. The molecular weight excluding hydrogens is 288 g/mol. The van der Waals surface area contributed by atoms with Crippen LogP contribution >= 0.6 is 0 Å². The van der Waals surface area contributed by atoms with Crippen molar-refractivity contribution in [2.24, 2.45) is 10.7 Å². The zero-order valence-corrected chi connectivity index (χ0v) is 12.9. The lowest BCUT2D eigenvalue weighted by molar-refractivity contribution is 0.246. The molecule has 0 atom stereocenters. The molecular formula is C13H22N6O3. The summed E-state index contributed by atoms with van der Waals surface area (Å²) in [5, 5.41) is 2.66. The minimum absolute atomic E-state index is 0.200. The van der Waals surface area contributed by atoms with Crippen molar-refractivity contribution in [1.82, 2.24) is 16.4 Å². The molecule has 9 heteroatoms. The van der Waals surface area contributed by atoms with Gasteiger partial charge in [-0.15, -0.1) is 0 Å². The third kappa shape index (κ3) is 5.11. The largest absolute Gasteiger partial charge is 0.473 e. The van der Waals surface area contributed by atoms with Crippen molar-refractivity contribution in [3.05, 3.63) is 29.9 Å². The fraction of sp³-hybridized carbons (Fsp3) is 0.385. The van der Waals surface area contributed by atoms with Crippen molar-refractivity contribution in [2.45, 2.75) is 20.0 Å². The maximum atomic E-state index is 11.7. The number of aryl methyl sites for hydroxylation is 1. The predicted molar refractivity (Wildman–Crippen MR) is 83.9 cm³/mol. The fourth-order valence-electron chi connectivity index (χ4n) is 1.67. The van der Waals surface area contributed by atoms with E-state index in [4.69, 9.17) is 14.9 Å². The van der Waals surface area contributed by atoms with Crippen molar-refractivity contribution in [3.8, 4) is 0 Å². The Hall–Kier alpha value is -2.52. The Morgan fingerprint density at radius 2 is 2.32 bits per heavy atom. The van der Waals surface area contributed by atoms with E-state index in [0.29, 0.717) is 18.0 Å². The number of urea groups is 1. The lowest BCUT2D eigenvalue weighted by Crippen LogP contribution is -2.46. The van der Waals surface area contributed by atoms with Gasteiger partial charge in [0.15, 0.2) is 0 Å². The highest BCUT2D eigenvalue weighted by Crippen LogP contribution is 2.24. The molecule has 0 saturated heterocycles. The highest BCUT2D eigenvalue weighted by atomic mass is 16.5. The van der Waals surface area contributed by atoms with Gasteiger partial charge in [-0.05, 0) is 6.20 Å². The van der Waals surface area contributed by atoms with Gasteiger partial charge in [0.2, 0.25) is 5.90 Å². The molecule has 1 heterocycles. The first kappa shape index (κ1) is 17.5. The Kier molecular flexibility index (Phi) is 7.51. The first-order valence-electron chi connectivity index (χ1n) is 6.72. The minimum atomic E-state index is -0.440. The number of carbonyl (C=O) groups is 1. The Labute approximate surface area is 128 Å². The Morgan fingerprint density at radius 3 is 2.91 bits per heavy atom. The molecule has 0 fully saturated rings. The summed E-state index contributed by atoms with van der Waals surface area (Å²) >= 11 is 0. The summed E-state index contributed by atoms with van der Waals surface area (Å²) in [4.78, 5) is 15.6. The van der Waals surface area contributed by atoms with Gasteiger partial charge in [-0.25, -0.2) is 10.2 Å². The third-order valence-electron chi connectivity index (χ3n) is 2.67. The fourth-order valence-corrected chi connectivity index (χ4v) is 1.67. The average Bonchev–Trinajstić information content (AvgIpc) is 2.91. The normalized spacial score (nSPS) is 11.7. The van der Waals surface area contributed by atoms with Gasteiger partial charge in [0.25, 0.3) is 0 Å². The molecule has 0 unspecified atom stereocenters. The van der Waals surface area contributed by atoms with Crippen LogP contribution in [-0.4, -0.2) is 26.0 Å². The molecule has 22 heavy (non-hydrogen) atoms. The highest BCUT2D eigenvalue weighted by Gasteiger charge is 2.15. The topological polar surface area (TPSA) is 126 Å². The van der Waals surface area contributed by atoms with Crippen LogP contribution in [0.1, 0.15) is 18.2 Å². The second-order valence-corrected chi connectivity index (χ2v) is 4.07. The molecule has 0 radical (unpaired) electrons. The van der Waals surface area contributed by atoms with E-state index in [1.807, 2.05) is 6.92 Å². The molecule has 122 valence electrons. The Morgan fingerprint density at radius 1 is 1.55 bits per heavy atom. The number of amides is 2. The zero-order chi connectivity index (χ0) is 16.4. The quantitative estimate of drug-likeness (QED) is 0.285. The van der Waals surface area contributed by atoms with Gasteiger partial charge in [-0.3, -0.25) is 10.4 Å². The maximum absolute atomic E-state index is 11.7. The smallest absolute Gasteiger partial charge is 0.334 e. The SMILES string of the molecule is CCc1occ(NC(=O)NNNC)c1COC(/C=C\N)=NC. The summed E-state index contributed by atoms with van der Waals surface area (Å²) in [6, 6.07) is -0.440. The van der Waals surface area contributed by atoms with E-state index in [1.165, 1.54) is 12.5 Å². The first-order valence-corrected chi connectivity index (χ1v) is 6.72. The van der Waals surface area contributed by atoms with Crippen molar-refractivity contribution in [1.29, 1.82) is 0 Å². The molecule has 0 bridgehead atoms. The maximum Gasteiger partial charge on any atom is 0.334 e. The third-order valence-corrected chi connectivity index (χ3v) is 2.67. The molecule has 0 aromatic carbocycles. The standard InChI is InChI=1S/C13H22N6O3/c1-4-11-9(7-22-12(15-2)5-6-14)10(8-21-11)17-13(20)18-19-16-3/h5-6,8,16,19H,4,7,14H2,1-3H3,(H2,17,18,20)/b6-5-,15-12?. The van der Waals surface area contributed by atoms with Crippen LogP contribution in [0.2, 0.25) is 0 Å². The van der Waals surface area contributed by atoms with Crippen LogP contribution in [0.25, 0.3) is 0 Å². The molecule has 0 saturated carbocycles. The first-order chi connectivity index (χ1) is 10.7. The van der Waals surface area contributed by atoms with Crippen LogP contribution in [0, 0.1) is 0 Å². The monoisotopic (exact) mass is 310 g/mol. The predicted octanol–water partition coefficient (Wildman–Crippen LogP) is 0.620. The van der Waals surface area contributed by atoms with Crippen LogP contribution in [0.3, 0.4) is 0 Å². The molecule has 2 amide bonds. The van der Waals surface area contributed by atoms with Gasteiger partial charge in [0.05, 0.1) is 11.3 Å². The van der Waals surface area contributed by atoms with E-state index in [0.717, 1.165) is 11.3 Å². The van der Waals surface area contributed by atoms with Crippen LogP contribution in [0.5, 0.6) is 0 Å². The second kappa shape index (κ2) is 9.42. The summed E-state index contributed by atoms with van der Waals surface area (Å²) in [6.45, 7) is 2.15. The average molecular weight is 310 g/mol. The number of hydrazine groups is 2. The Balaban J connectivity index is 2.79. The number of aliphatic imine (C=N–C) groups is 1.